The second-order valence-corrected chi connectivity index (χ2v) is 4.00. The summed E-state index contributed by atoms with van der Waals surface area (Å²) in [6.45, 7) is 1.21. The van der Waals surface area contributed by atoms with Gasteiger partial charge in [-0.15, -0.1) is 11.6 Å². The number of amides is 1. The van der Waals surface area contributed by atoms with Crippen LogP contribution in [0.4, 0.5) is 8.78 Å². The molecule has 0 N–H and O–H groups in total. The molecule has 0 aliphatic heterocycles. The molecule has 7 heteroatoms. The van der Waals surface area contributed by atoms with Gasteiger partial charge in [0, 0.05) is 19.5 Å². The van der Waals surface area contributed by atoms with Gasteiger partial charge in [-0.25, -0.2) is 8.78 Å². The predicted molar refractivity (Wildman–Crippen MR) is 60.6 cm³/mol. The molecule has 17 heavy (non-hydrogen) atoms. The Balaban J connectivity index is 2.87. The van der Waals surface area contributed by atoms with Crippen molar-refractivity contribution in [1.82, 2.24) is 14.7 Å². The molecule has 4 nitrogen and oxygen atoms in total. The van der Waals surface area contributed by atoms with Crippen molar-refractivity contribution in [3.63, 3.8) is 0 Å². The van der Waals surface area contributed by atoms with E-state index in [9.17, 15) is 13.6 Å². The summed E-state index contributed by atoms with van der Waals surface area (Å²) < 4.78 is 26.0. The zero-order valence-corrected chi connectivity index (χ0v) is 10.4. The SMILES string of the molecule is Cc1cc(C(=O)N(CCCl)CC(F)F)n(C)n1. The Kier molecular flexibility index (Phi) is 4.86. The lowest BCUT2D eigenvalue weighted by atomic mass is 10.3. The molecule has 1 rings (SSSR count). The van der Waals surface area contributed by atoms with Crippen molar-refractivity contribution in [2.45, 2.75) is 13.3 Å². The fourth-order valence-electron chi connectivity index (χ4n) is 1.52. The van der Waals surface area contributed by atoms with E-state index in [4.69, 9.17) is 11.6 Å². The molecule has 0 bridgehead atoms. The number of nitrogens with zero attached hydrogens (tertiary/aromatic N) is 3. The lowest BCUT2D eigenvalue weighted by Crippen LogP contribution is -2.37. The van der Waals surface area contributed by atoms with Crippen LogP contribution in [0.15, 0.2) is 6.07 Å². The highest BCUT2D eigenvalue weighted by atomic mass is 35.5. The lowest BCUT2D eigenvalue weighted by molar-refractivity contribution is 0.0561. The second kappa shape index (κ2) is 5.95. The highest BCUT2D eigenvalue weighted by molar-refractivity contribution is 6.18. The summed E-state index contributed by atoms with van der Waals surface area (Å²) in [4.78, 5) is 13.0. The molecular formula is C10H14ClF2N3O. The number of rotatable bonds is 5. The normalized spacial score (nSPS) is 10.9. The van der Waals surface area contributed by atoms with E-state index in [1.54, 1.807) is 20.0 Å². The monoisotopic (exact) mass is 265 g/mol. The summed E-state index contributed by atoms with van der Waals surface area (Å²) in [7, 11) is 1.60. The van der Waals surface area contributed by atoms with Crippen molar-refractivity contribution < 1.29 is 13.6 Å². The Morgan fingerprint density at radius 2 is 2.29 bits per heavy atom. The quantitative estimate of drug-likeness (QED) is 0.760. The van der Waals surface area contributed by atoms with Crippen LogP contribution in [0.1, 0.15) is 16.2 Å². The minimum Gasteiger partial charge on any atom is -0.330 e. The zero-order valence-electron chi connectivity index (χ0n) is 9.66. The summed E-state index contributed by atoms with van der Waals surface area (Å²) in [6, 6.07) is 1.56. The average Bonchev–Trinajstić information content (AvgIpc) is 2.55. The van der Waals surface area contributed by atoms with Gasteiger partial charge in [0.2, 0.25) is 0 Å². The first kappa shape index (κ1) is 13.9. The fourth-order valence-corrected chi connectivity index (χ4v) is 1.72. The third kappa shape index (κ3) is 3.66. The van der Waals surface area contributed by atoms with Crippen molar-refractivity contribution in [2.75, 3.05) is 19.0 Å². The Morgan fingerprint density at radius 3 is 2.71 bits per heavy atom. The van der Waals surface area contributed by atoms with Gasteiger partial charge in [0.1, 0.15) is 5.69 Å². The van der Waals surface area contributed by atoms with Crippen LogP contribution in [0.5, 0.6) is 0 Å². The van der Waals surface area contributed by atoms with Crippen molar-refractivity contribution in [3.8, 4) is 0 Å². The molecule has 1 amide bonds. The smallest absolute Gasteiger partial charge is 0.272 e. The number of carbonyl (C=O) groups excluding carboxylic acids is 1. The standard InChI is InChI=1S/C10H14ClF2N3O/c1-7-5-8(15(2)14-7)10(17)16(4-3-11)6-9(12)13/h5,9H,3-4,6H2,1-2H3. The summed E-state index contributed by atoms with van der Waals surface area (Å²) in [5.74, 6) is -0.357. The molecular weight excluding hydrogens is 252 g/mol. The average molecular weight is 266 g/mol. The zero-order chi connectivity index (χ0) is 13.0. The lowest BCUT2D eigenvalue weighted by Gasteiger charge is -2.20. The first-order valence-electron chi connectivity index (χ1n) is 5.09. The van der Waals surface area contributed by atoms with Gasteiger partial charge in [0.25, 0.3) is 12.3 Å². The summed E-state index contributed by atoms with van der Waals surface area (Å²) in [5.41, 5.74) is 0.951. The molecule has 0 atom stereocenters. The molecule has 0 aliphatic rings. The van der Waals surface area contributed by atoms with Crippen molar-refractivity contribution in [3.05, 3.63) is 17.5 Å². The number of halogens is 3. The largest absolute Gasteiger partial charge is 0.330 e. The number of aromatic nitrogens is 2. The Labute approximate surface area is 103 Å². The molecule has 0 saturated heterocycles. The maximum absolute atomic E-state index is 12.3. The van der Waals surface area contributed by atoms with Crippen LogP contribution in [0.2, 0.25) is 0 Å². The topological polar surface area (TPSA) is 38.1 Å². The molecule has 0 unspecified atom stereocenters. The molecule has 0 saturated carbocycles. The van der Waals surface area contributed by atoms with E-state index in [1.807, 2.05) is 0 Å². The van der Waals surface area contributed by atoms with Gasteiger partial charge in [0.15, 0.2) is 0 Å². The van der Waals surface area contributed by atoms with Gasteiger partial charge in [-0.05, 0) is 13.0 Å². The predicted octanol–water partition coefficient (Wildman–Crippen LogP) is 1.67. The van der Waals surface area contributed by atoms with Gasteiger partial charge >= 0.3 is 0 Å². The van der Waals surface area contributed by atoms with Crippen LogP contribution < -0.4 is 0 Å². The van der Waals surface area contributed by atoms with Crippen LogP contribution in [0.25, 0.3) is 0 Å². The minimum atomic E-state index is -2.57. The highest BCUT2D eigenvalue weighted by Gasteiger charge is 2.22. The van der Waals surface area contributed by atoms with E-state index in [0.717, 1.165) is 4.90 Å². The molecule has 0 aromatic carbocycles. The van der Waals surface area contributed by atoms with E-state index >= 15 is 0 Å². The van der Waals surface area contributed by atoms with Gasteiger partial charge in [-0.2, -0.15) is 5.10 Å². The Hall–Kier alpha value is -1.17. The number of hydrogen-bond acceptors (Lipinski definition) is 2. The fraction of sp³-hybridized carbons (Fsp3) is 0.600. The van der Waals surface area contributed by atoms with Gasteiger partial charge < -0.3 is 4.90 Å². The first-order chi connectivity index (χ1) is 7.95. The molecule has 0 fully saturated rings. The number of hydrogen-bond donors (Lipinski definition) is 0. The highest BCUT2D eigenvalue weighted by Crippen LogP contribution is 2.09. The number of aryl methyl sites for hydroxylation is 2. The van der Waals surface area contributed by atoms with Crippen LogP contribution in [0.3, 0.4) is 0 Å². The number of alkyl halides is 3. The Bertz CT molecular complexity index is 395. The van der Waals surface area contributed by atoms with Crippen LogP contribution in [-0.2, 0) is 7.05 Å². The van der Waals surface area contributed by atoms with Crippen LogP contribution in [0, 0.1) is 6.92 Å². The molecule has 0 spiro atoms. The van der Waals surface area contributed by atoms with E-state index in [-0.39, 0.29) is 18.1 Å². The van der Waals surface area contributed by atoms with E-state index in [1.165, 1.54) is 4.68 Å². The third-order valence-corrected chi connectivity index (χ3v) is 2.39. The van der Waals surface area contributed by atoms with E-state index in [0.29, 0.717) is 5.69 Å². The maximum Gasteiger partial charge on any atom is 0.272 e. The minimum absolute atomic E-state index is 0.0922. The molecule has 0 aliphatic carbocycles. The van der Waals surface area contributed by atoms with Crippen LogP contribution in [-0.4, -0.2) is 46.0 Å². The molecule has 96 valence electrons. The molecule has 1 aromatic heterocycles. The van der Waals surface area contributed by atoms with Crippen molar-refractivity contribution >= 4 is 17.5 Å². The second-order valence-electron chi connectivity index (χ2n) is 3.63. The third-order valence-electron chi connectivity index (χ3n) is 2.22. The van der Waals surface area contributed by atoms with Crippen molar-refractivity contribution in [2.24, 2.45) is 7.05 Å². The van der Waals surface area contributed by atoms with E-state index < -0.39 is 18.9 Å². The number of carbonyl (C=O) groups is 1. The van der Waals surface area contributed by atoms with E-state index in [2.05, 4.69) is 5.10 Å². The van der Waals surface area contributed by atoms with Gasteiger partial charge in [-0.1, -0.05) is 0 Å². The van der Waals surface area contributed by atoms with Gasteiger partial charge in [0.05, 0.1) is 12.2 Å². The molecule has 0 radical (unpaired) electrons. The van der Waals surface area contributed by atoms with Gasteiger partial charge in [-0.3, -0.25) is 9.48 Å². The summed E-state index contributed by atoms with van der Waals surface area (Å²) in [5, 5.41) is 4.00. The maximum atomic E-state index is 12.3. The van der Waals surface area contributed by atoms with Crippen LogP contribution >= 0.6 is 11.6 Å². The summed E-state index contributed by atoms with van der Waals surface area (Å²) >= 11 is 5.50. The molecule has 1 aromatic rings. The van der Waals surface area contributed by atoms with Crippen molar-refractivity contribution in [1.29, 1.82) is 0 Å². The Morgan fingerprint density at radius 1 is 1.65 bits per heavy atom. The summed E-state index contributed by atoms with van der Waals surface area (Å²) in [6.07, 6.45) is -2.57. The molecule has 1 heterocycles. The first-order valence-corrected chi connectivity index (χ1v) is 5.63.